The van der Waals surface area contributed by atoms with Crippen molar-refractivity contribution in [2.24, 2.45) is 0 Å². The van der Waals surface area contributed by atoms with Gasteiger partial charge >= 0.3 is 0 Å². The fraction of sp³-hybridized carbons (Fsp3) is 0.381. The number of carbonyl (C=O) groups is 2. The Morgan fingerprint density at radius 3 is 2.27 bits per heavy atom. The van der Waals surface area contributed by atoms with Gasteiger partial charge in [-0.3, -0.25) is 14.4 Å². The molecule has 0 aliphatic carbocycles. The Balaban J connectivity index is 1.64. The number of hydrogen-bond donors (Lipinski definition) is 1. The highest BCUT2D eigenvalue weighted by atomic mass is 16.5. The lowest BCUT2D eigenvalue weighted by Gasteiger charge is -2.35. The van der Waals surface area contributed by atoms with Crippen molar-refractivity contribution in [3.63, 3.8) is 0 Å². The number of benzene rings is 1. The van der Waals surface area contributed by atoms with E-state index in [1.54, 1.807) is 42.0 Å². The highest BCUT2D eigenvalue weighted by Gasteiger charge is 2.27. The molecule has 0 bridgehead atoms. The van der Waals surface area contributed by atoms with E-state index in [9.17, 15) is 19.5 Å². The number of ether oxygens (including phenoxy) is 2. The first-order chi connectivity index (χ1) is 14.3. The second-order valence-corrected chi connectivity index (χ2v) is 7.02. The number of aromatic hydroxyl groups is 1. The number of amides is 2. The molecule has 1 aliphatic heterocycles. The first kappa shape index (κ1) is 21.2. The largest absolute Gasteiger partial charge is 0.508 e. The Hall–Kier alpha value is -3.49. The molecular formula is C21H25N3O6. The maximum atomic E-state index is 12.9. The summed E-state index contributed by atoms with van der Waals surface area (Å²) in [6, 6.07) is 7.54. The third-order valence-corrected chi connectivity index (χ3v) is 5.17. The van der Waals surface area contributed by atoms with Gasteiger partial charge in [-0.1, -0.05) is 0 Å². The molecule has 2 heterocycles. The van der Waals surface area contributed by atoms with E-state index >= 15 is 0 Å². The first-order valence-electron chi connectivity index (χ1n) is 9.53. The average molecular weight is 415 g/mol. The van der Waals surface area contributed by atoms with Gasteiger partial charge in [-0.15, -0.1) is 0 Å². The van der Waals surface area contributed by atoms with Crippen molar-refractivity contribution in [2.75, 3.05) is 40.4 Å². The van der Waals surface area contributed by atoms with Gasteiger partial charge < -0.3 is 28.9 Å². The molecule has 0 spiro atoms. The third kappa shape index (κ3) is 4.40. The minimum absolute atomic E-state index is 0.106. The van der Waals surface area contributed by atoms with Crippen molar-refractivity contribution in [3.8, 4) is 17.2 Å². The number of methoxy groups -OCH3 is 2. The number of nitrogens with zero attached hydrogens (tertiary/aromatic N) is 3. The van der Waals surface area contributed by atoms with Crippen LogP contribution in [0.15, 0.2) is 35.1 Å². The van der Waals surface area contributed by atoms with E-state index < -0.39 is 5.56 Å². The topological polar surface area (TPSA) is 101 Å². The lowest BCUT2D eigenvalue weighted by atomic mass is 10.1. The van der Waals surface area contributed by atoms with Crippen molar-refractivity contribution in [3.05, 3.63) is 51.9 Å². The van der Waals surface area contributed by atoms with E-state index in [1.165, 1.54) is 17.7 Å². The lowest BCUT2D eigenvalue weighted by molar-refractivity contribution is -0.133. The molecule has 2 aromatic rings. The second kappa shape index (κ2) is 8.89. The van der Waals surface area contributed by atoms with Gasteiger partial charge in [-0.05, 0) is 25.1 Å². The van der Waals surface area contributed by atoms with Gasteiger partial charge in [0.25, 0.3) is 11.5 Å². The maximum Gasteiger partial charge on any atom is 0.257 e. The summed E-state index contributed by atoms with van der Waals surface area (Å²) in [5.41, 5.74) is 0.513. The number of rotatable bonds is 5. The van der Waals surface area contributed by atoms with Gasteiger partial charge in [0.05, 0.1) is 19.8 Å². The summed E-state index contributed by atoms with van der Waals surface area (Å²) in [6.45, 7) is 3.05. The molecule has 160 valence electrons. The molecule has 1 saturated heterocycles. The zero-order valence-corrected chi connectivity index (χ0v) is 17.3. The van der Waals surface area contributed by atoms with Crippen LogP contribution < -0.4 is 15.0 Å². The molecule has 0 saturated carbocycles. The molecule has 9 heteroatoms. The van der Waals surface area contributed by atoms with Crippen molar-refractivity contribution < 1.29 is 24.2 Å². The third-order valence-electron chi connectivity index (χ3n) is 5.17. The monoisotopic (exact) mass is 415 g/mol. The number of pyridine rings is 1. The van der Waals surface area contributed by atoms with E-state index in [4.69, 9.17) is 9.47 Å². The summed E-state index contributed by atoms with van der Waals surface area (Å²) in [6.07, 6.45) is 0. The van der Waals surface area contributed by atoms with Crippen LogP contribution in [-0.4, -0.2) is 71.7 Å². The minimum Gasteiger partial charge on any atom is -0.508 e. The molecule has 2 amide bonds. The van der Waals surface area contributed by atoms with Crippen LogP contribution in [0.1, 0.15) is 16.1 Å². The smallest absolute Gasteiger partial charge is 0.257 e. The highest BCUT2D eigenvalue weighted by Crippen LogP contribution is 2.26. The second-order valence-electron chi connectivity index (χ2n) is 7.02. The van der Waals surface area contributed by atoms with Crippen LogP contribution in [0.4, 0.5) is 0 Å². The predicted molar refractivity (Wildman–Crippen MR) is 109 cm³/mol. The molecule has 0 atom stereocenters. The van der Waals surface area contributed by atoms with E-state index in [0.29, 0.717) is 48.9 Å². The van der Waals surface area contributed by atoms with Crippen LogP contribution in [0.25, 0.3) is 0 Å². The van der Waals surface area contributed by atoms with E-state index in [0.717, 1.165) is 6.07 Å². The quantitative estimate of drug-likeness (QED) is 0.778. The summed E-state index contributed by atoms with van der Waals surface area (Å²) < 4.78 is 11.8. The highest BCUT2D eigenvalue weighted by molar-refractivity contribution is 5.97. The van der Waals surface area contributed by atoms with Gasteiger partial charge in [-0.2, -0.15) is 0 Å². The summed E-state index contributed by atoms with van der Waals surface area (Å²) >= 11 is 0. The Labute approximate surface area is 174 Å². The van der Waals surface area contributed by atoms with Crippen molar-refractivity contribution >= 4 is 11.8 Å². The van der Waals surface area contributed by atoms with Crippen LogP contribution in [0.3, 0.4) is 0 Å². The van der Waals surface area contributed by atoms with Gasteiger partial charge in [0.15, 0.2) is 0 Å². The minimum atomic E-state index is -0.429. The first-order valence-corrected chi connectivity index (χ1v) is 9.53. The molecule has 30 heavy (non-hydrogen) atoms. The fourth-order valence-electron chi connectivity index (χ4n) is 3.45. The summed E-state index contributed by atoms with van der Waals surface area (Å²) in [5, 5.41) is 9.48. The van der Waals surface area contributed by atoms with Gasteiger partial charge in [-0.25, -0.2) is 0 Å². The Bertz CT molecular complexity index is 1010. The van der Waals surface area contributed by atoms with Crippen molar-refractivity contribution in [1.29, 1.82) is 0 Å². The Morgan fingerprint density at radius 2 is 1.67 bits per heavy atom. The zero-order valence-electron chi connectivity index (χ0n) is 17.3. The van der Waals surface area contributed by atoms with Crippen LogP contribution in [-0.2, 0) is 11.3 Å². The normalized spacial score (nSPS) is 13.8. The molecular weight excluding hydrogens is 390 g/mol. The number of aryl methyl sites for hydroxylation is 1. The number of carbonyl (C=O) groups excluding carboxylic acids is 2. The molecule has 0 radical (unpaired) electrons. The molecule has 1 aromatic carbocycles. The predicted octanol–water partition coefficient (Wildman–Crippen LogP) is 0.864. The van der Waals surface area contributed by atoms with Crippen LogP contribution in [0.2, 0.25) is 0 Å². The lowest BCUT2D eigenvalue weighted by Crippen LogP contribution is -2.51. The van der Waals surface area contributed by atoms with Crippen LogP contribution in [0, 0.1) is 6.92 Å². The Kier molecular flexibility index (Phi) is 6.29. The van der Waals surface area contributed by atoms with Crippen molar-refractivity contribution in [2.45, 2.75) is 13.5 Å². The number of aromatic nitrogens is 1. The number of hydrogen-bond acceptors (Lipinski definition) is 6. The SMILES string of the molecule is COc1ccc(C(=O)N2CCN(C(=O)Cn3c(C)cc(O)cc3=O)CC2)c(OC)c1. The number of piperazine rings is 1. The van der Waals surface area contributed by atoms with E-state index in [1.807, 2.05) is 0 Å². The van der Waals surface area contributed by atoms with Crippen LogP contribution in [0.5, 0.6) is 17.2 Å². The van der Waals surface area contributed by atoms with Crippen molar-refractivity contribution in [1.82, 2.24) is 14.4 Å². The molecule has 3 rings (SSSR count). The fourth-order valence-corrected chi connectivity index (χ4v) is 3.45. The molecule has 1 aromatic heterocycles. The molecule has 1 N–H and O–H groups in total. The molecule has 0 unspecified atom stereocenters. The molecule has 1 fully saturated rings. The van der Waals surface area contributed by atoms with Gasteiger partial charge in [0, 0.05) is 44.0 Å². The van der Waals surface area contributed by atoms with Crippen LogP contribution >= 0.6 is 0 Å². The summed E-state index contributed by atoms with van der Waals surface area (Å²) in [5.74, 6) is 0.521. The van der Waals surface area contributed by atoms with E-state index in [-0.39, 0.29) is 24.1 Å². The maximum absolute atomic E-state index is 12.9. The zero-order chi connectivity index (χ0) is 21.8. The Morgan fingerprint density at radius 1 is 1.00 bits per heavy atom. The molecule has 9 nitrogen and oxygen atoms in total. The van der Waals surface area contributed by atoms with Gasteiger partial charge in [0.1, 0.15) is 23.8 Å². The summed E-state index contributed by atoms with van der Waals surface area (Å²) in [4.78, 5) is 40.9. The van der Waals surface area contributed by atoms with Gasteiger partial charge in [0.2, 0.25) is 5.91 Å². The average Bonchev–Trinajstić information content (AvgIpc) is 2.75. The summed E-state index contributed by atoms with van der Waals surface area (Å²) in [7, 11) is 3.04. The molecule has 1 aliphatic rings. The standard InChI is InChI=1S/C21H25N3O6/c1-14-10-15(25)11-19(26)24(14)13-20(27)22-6-8-23(9-7-22)21(28)17-5-4-16(29-2)12-18(17)30-3/h4-5,10-12,25H,6-9,13H2,1-3H3. The van der Waals surface area contributed by atoms with E-state index in [2.05, 4.69) is 0 Å².